The first-order valence-corrected chi connectivity index (χ1v) is 6.87. The summed E-state index contributed by atoms with van der Waals surface area (Å²) in [5.74, 6) is 0. The number of hydrogen-bond donors (Lipinski definition) is 1. The topological polar surface area (TPSA) is 43.8 Å². The van der Waals surface area contributed by atoms with E-state index >= 15 is 0 Å². The van der Waals surface area contributed by atoms with Crippen LogP contribution in [0.25, 0.3) is 0 Å². The van der Waals surface area contributed by atoms with E-state index < -0.39 is 0 Å². The van der Waals surface area contributed by atoms with Crippen molar-refractivity contribution in [3.05, 3.63) is 18.2 Å². The van der Waals surface area contributed by atoms with Crippen LogP contribution in [0.1, 0.15) is 31.0 Å². The molecule has 2 N–H and O–H groups in total. The molecule has 0 aromatic carbocycles. The van der Waals surface area contributed by atoms with E-state index in [1.165, 1.54) is 25.0 Å². The lowest BCUT2D eigenvalue weighted by Gasteiger charge is -2.15. The van der Waals surface area contributed by atoms with Crippen molar-refractivity contribution in [2.24, 2.45) is 5.73 Å². The SMILES string of the molecule is CSC1CCC(n2cncc2CCN)C1. The maximum Gasteiger partial charge on any atom is 0.0950 e. The van der Waals surface area contributed by atoms with Gasteiger partial charge in [-0.2, -0.15) is 11.8 Å². The second kappa shape index (κ2) is 5.03. The van der Waals surface area contributed by atoms with Crippen molar-refractivity contribution >= 4 is 11.8 Å². The van der Waals surface area contributed by atoms with Crippen molar-refractivity contribution in [2.75, 3.05) is 12.8 Å². The Bertz CT molecular complexity index is 311. The van der Waals surface area contributed by atoms with Crippen LogP contribution in [0.2, 0.25) is 0 Å². The van der Waals surface area contributed by atoms with Gasteiger partial charge in [-0.15, -0.1) is 0 Å². The number of aromatic nitrogens is 2. The minimum atomic E-state index is 0.659. The van der Waals surface area contributed by atoms with Gasteiger partial charge in [0.05, 0.1) is 6.33 Å². The van der Waals surface area contributed by atoms with Crippen molar-refractivity contribution in [3.8, 4) is 0 Å². The summed E-state index contributed by atoms with van der Waals surface area (Å²) in [7, 11) is 0. The van der Waals surface area contributed by atoms with E-state index in [4.69, 9.17) is 5.73 Å². The van der Waals surface area contributed by atoms with Gasteiger partial charge < -0.3 is 10.3 Å². The van der Waals surface area contributed by atoms with E-state index in [0.717, 1.165) is 11.7 Å². The predicted molar refractivity (Wildman–Crippen MR) is 65.2 cm³/mol. The summed E-state index contributed by atoms with van der Waals surface area (Å²) >= 11 is 1.99. The van der Waals surface area contributed by atoms with Crippen LogP contribution in [0.15, 0.2) is 12.5 Å². The summed E-state index contributed by atoms with van der Waals surface area (Å²) in [5, 5.41) is 0.836. The molecule has 0 bridgehead atoms. The van der Waals surface area contributed by atoms with Crippen molar-refractivity contribution < 1.29 is 0 Å². The van der Waals surface area contributed by atoms with Gasteiger partial charge >= 0.3 is 0 Å². The number of imidazole rings is 1. The van der Waals surface area contributed by atoms with E-state index in [1.54, 1.807) is 0 Å². The van der Waals surface area contributed by atoms with Gasteiger partial charge in [-0.05, 0) is 32.1 Å². The average molecular weight is 225 g/mol. The molecule has 1 aromatic rings. The third-order valence-electron chi connectivity index (χ3n) is 3.23. The molecule has 0 aliphatic heterocycles. The van der Waals surface area contributed by atoms with Gasteiger partial charge in [0.25, 0.3) is 0 Å². The molecular formula is C11H19N3S. The lowest BCUT2D eigenvalue weighted by atomic mass is 10.2. The zero-order valence-corrected chi connectivity index (χ0v) is 10.0. The second-order valence-corrected chi connectivity index (χ2v) is 5.29. The molecule has 1 saturated carbocycles. The Hall–Kier alpha value is -0.480. The second-order valence-electron chi connectivity index (χ2n) is 4.16. The summed E-state index contributed by atoms with van der Waals surface area (Å²) in [6.45, 7) is 0.713. The molecular weight excluding hydrogens is 206 g/mol. The third kappa shape index (κ3) is 2.37. The Balaban J connectivity index is 2.06. The Labute approximate surface area is 95.4 Å². The number of thioether (sulfide) groups is 1. The molecule has 1 aliphatic rings. The molecule has 0 amide bonds. The van der Waals surface area contributed by atoms with Crippen molar-refractivity contribution in [2.45, 2.75) is 37.0 Å². The number of nitrogens with zero attached hydrogens (tertiary/aromatic N) is 2. The first-order chi connectivity index (χ1) is 7.35. The van der Waals surface area contributed by atoms with Crippen LogP contribution in [0.4, 0.5) is 0 Å². The van der Waals surface area contributed by atoms with Crippen molar-refractivity contribution in [1.82, 2.24) is 9.55 Å². The lowest BCUT2D eigenvalue weighted by Crippen LogP contribution is -2.12. The molecule has 84 valence electrons. The molecule has 0 radical (unpaired) electrons. The molecule has 1 aliphatic carbocycles. The Kier molecular flexibility index (Phi) is 3.70. The molecule has 0 spiro atoms. The van der Waals surface area contributed by atoms with Gasteiger partial charge in [-0.1, -0.05) is 0 Å². The first-order valence-electron chi connectivity index (χ1n) is 5.58. The average Bonchev–Trinajstić information content (AvgIpc) is 2.85. The van der Waals surface area contributed by atoms with Gasteiger partial charge in [0, 0.05) is 29.6 Å². The van der Waals surface area contributed by atoms with Crippen molar-refractivity contribution in [1.29, 1.82) is 0 Å². The number of hydrogen-bond acceptors (Lipinski definition) is 3. The highest BCUT2D eigenvalue weighted by Gasteiger charge is 2.25. The predicted octanol–water partition coefficient (Wildman–Crippen LogP) is 1.84. The summed E-state index contributed by atoms with van der Waals surface area (Å²) in [4.78, 5) is 4.24. The van der Waals surface area contributed by atoms with Crippen molar-refractivity contribution in [3.63, 3.8) is 0 Å². The van der Waals surface area contributed by atoms with E-state index in [1.807, 2.05) is 24.3 Å². The fourth-order valence-electron chi connectivity index (χ4n) is 2.39. The quantitative estimate of drug-likeness (QED) is 0.850. The minimum Gasteiger partial charge on any atom is -0.331 e. The normalized spacial score (nSPS) is 26.0. The largest absolute Gasteiger partial charge is 0.331 e. The molecule has 1 aromatic heterocycles. The third-order valence-corrected chi connectivity index (χ3v) is 4.33. The van der Waals surface area contributed by atoms with Gasteiger partial charge in [0.1, 0.15) is 0 Å². The van der Waals surface area contributed by atoms with Gasteiger partial charge in [0.2, 0.25) is 0 Å². The van der Waals surface area contributed by atoms with Crippen LogP contribution in [0, 0.1) is 0 Å². The fraction of sp³-hybridized carbons (Fsp3) is 0.727. The van der Waals surface area contributed by atoms with Crippen LogP contribution >= 0.6 is 11.8 Å². The number of rotatable bonds is 4. The smallest absolute Gasteiger partial charge is 0.0950 e. The van der Waals surface area contributed by atoms with Gasteiger partial charge in [-0.25, -0.2) is 4.98 Å². The molecule has 2 rings (SSSR count). The van der Waals surface area contributed by atoms with Crippen LogP contribution < -0.4 is 5.73 Å². The summed E-state index contributed by atoms with van der Waals surface area (Å²) < 4.78 is 2.34. The van der Waals surface area contributed by atoms with E-state index in [0.29, 0.717) is 12.6 Å². The Morgan fingerprint density at radius 2 is 2.47 bits per heavy atom. The fourth-order valence-corrected chi connectivity index (χ4v) is 3.17. The molecule has 0 saturated heterocycles. The van der Waals surface area contributed by atoms with E-state index in [-0.39, 0.29) is 0 Å². The zero-order chi connectivity index (χ0) is 10.7. The maximum absolute atomic E-state index is 5.60. The summed E-state index contributed by atoms with van der Waals surface area (Å²) in [6, 6.07) is 0.659. The molecule has 2 atom stereocenters. The highest BCUT2D eigenvalue weighted by Crippen LogP contribution is 2.36. The monoisotopic (exact) mass is 225 g/mol. The zero-order valence-electron chi connectivity index (χ0n) is 9.22. The Morgan fingerprint density at radius 3 is 3.13 bits per heavy atom. The summed E-state index contributed by atoms with van der Waals surface area (Å²) in [6.07, 6.45) is 11.0. The standard InChI is InChI=1S/C11H19N3S/c1-15-11-3-2-9(6-11)14-8-13-7-10(14)4-5-12/h7-9,11H,2-6,12H2,1H3. The highest BCUT2D eigenvalue weighted by molar-refractivity contribution is 7.99. The molecule has 1 fully saturated rings. The highest BCUT2D eigenvalue weighted by atomic mass is 32.2. The maximum atomic E-state index is 5.60. The lowest BCUT2D eigenvalue weighted by molar-refractivity contribution is 0.501. The van der Waals surface area contributed by atoms with Crippen LogP contribution in [0.5, 0.6) is 0 Å². The molecule has 1 heterocycles. The summed E-state index contributed by atoms with van der Waals surface area (Å²) in [5.41, 5.74) is 6.89. The van der Waals surface area contributed by atoms with Gasteiger partial charge in [0.15, 0.2) is 0 Å². The number of nitrogens with two attached hydrogens (primary N) is 1. The molecule has 15 heavy (non-hydrogen) atoms. The molecule has 2 unspecified atom stereocenters. The minimum absolute atomic E-state index is 0.659. The van der Waals surface area contributed by atoms with Gasteiger partial charge in [-0.3, -0.25) is 0 Å². The molecule has 4 heteroatoms. The van der Waals surface area contributed by atoms with Crippen LogP contribution in [0.3, 0.4) is 0 Å². The first kappa shape index (κ1) is 11.0. The molecule has 3 nitrogen and oxygen atoms in total. The van der Waals surface area contributed by atoms with Crippen LogP contribution in [-0.4, -0.2) is 27.6 Å². The van der Waals surface area contributed by atoms with E-state index in [9.17, 15) is 0 Å². The van der Waals surface area contributed by atoms with Crippen LogP contribution in [-0.2, 0) is 6.42 Å². The van der Waals surface area contributed by atoms with E-state index in [2.05, 4.69) is 15.8 Å². The Morgan fingerprint density at radius 1 is 1.60 bits per heavy atom.